The molecule has 1 aromatic carbocycles. The lowest BCUT2D eigenvalue weighted by atomic mass is 10.0. The van der Waals surface area contributed by atoms with E-state index in [9.17, 15) is 0 Å². The molecule has 0 fully saturated rings. The highest BCUT2D eigenvalue weighted by Gasteiger charge is 1.99. The lowest BCUT2D eigenvalue weighted by Crippen LogP contribution is -1.85. The first-order valence-electron chi connectivity index (χ1n) is 5.28. The van der Waals surface area contributed by atoms with Crippen molar-refractivity contribution < 1.29 is 0 Å². The number of aryl methyl sites for hydroxylation is 1. The minimum absolute atomic E-state index is 0.684. The highest BCUT2D eigenvalue weighted by atomic mass is 14.6. The van der Waals surface area contributed by atoms with Crippen molar-refractivity contribution in [1.29, 1.82) is 5.26 Å². The van der Waals surface area contributed by atoms with E-state index < -0.39 is 0 Å². The van der Waals surface area contributed by atoms with Gasteiger partial charge in [-0.2, -0.15) is 5.26 Å². The van der Waals surface area contributed by atoms with Crippen molar-refractivity contribution in [2.75, 3.05) is 0 Å². The van der Waals surface area contributed by atoms with E-state index in [2.05, 4.69) is 24.0 Å². The average Bonchev–Trinajstić information content (AvgIpc) is 2.39. The molecule has 0 atom stereocenters. The molecule has 0 radical (unpaired) electrons. The van der Waals surface area contributed by atoms with Crippen LogP contribution in [0.15, 0.2) is 42.7 Å². The highest BCUT2D eigenvalue weighted by molar-refractivity contribution is 5.63. The Labute approximate surface area is 95.2 Å². The molecule has 0 aliphatic carbocycles. The summed E-state index contributed by atoms with van der Waals surface area (Å²) >= 11 is 0. The van der Waals surface area contributed by atoms with Crippen LogP contribution in [0.5, 0.6) is 0 Å². The van der Waals surface area contributed by atoms with Crippen LogP contribution in [0.25, 0.3) is 11.1 Å². The molecule has 0 N–H and O–H groups in total. The quantitative estimate of drug-likeness (QED) is 0.760. The Morgan fingerprint density at radius 3 is 2.50 bits per heavy atom. The number of rotatable bonds is 2. The first-order chi connectivity index (χ1) is 7.83. The molecule has 0 aliphatic heterocycles. The maximum absolute atomic E-state index is 8.72. The van der Waals surface area contributed by atoms with Crippen molar-refractivity contribution in [3.8, 4) is 17.2 Å². The molecule has 0 saturated heterocycles. The first-order valence-corrected chi connectivity index (χ1v) is 5.28. The van der Waals surface area contributed by atoms with Crippen molar-refractivity contribution >= 4 is 0 Å². The van der Waals surface area contributed by atoms with Crippen LogP contribution in [0.2, 0.25) is 0 Å². The minimum atomic E-state index is 0.684. The summed E-state index contributed by atoms with van der Waals surface area (Å²) in [5, 5.41) is 8.72. The number of nitriles is 1. The average molecular weight is 208 g/mol. The Bertz CT molecular complexity index is 521. The van der Waals surface area contributed by atoms with Gasteiger partial charge in [-0.05, 0) is 35.7 Å². The van der Waals surface area contributed by atoms with Crippen molar-refractivity contribution in [1.82, 2.24) is 4.98 Å². The largest absolute Gasteiger partial charge is 0.264 e. The molecule has 0 unspecified atom stereocenters. The van der Waals surface area contributed by atoms with Crippen molar-refractivity contribution in [2.45, 2.75) is 13.3 Å². The lowest BCUT2D eigenvalue weighted by molar-refractivity contribution is 1.10. The third kappa shape index (κ3) is 2.09. The van der Waals surface area contributed by atoms with Gasteiger partial charge in [0.2, 0.25) is 0 Å². The summed E-state index contributed by atoms with van der Waals surface area (Å²) in [7, 11) is 0. The number of benzene rings is 1. The summed E-state index contributed by atoms with van der Waals surface area (Å²) in [6.07, 6.45) is 4.71. The van der Waals surface area contributed by atoms with E-state index in [0.29, 0.717) is 5.56 Å². The second-order valence-electron chi connectivity index (χ2n) is 3.62. The summed E-state index contributed by atoms with van der Waals surface area (Å²) in [5.74, 6) is 0. The van der Waals surface area contributed by atoms with Gasteiger partial charge in [0.25, 0.3) is 0 Å². The SMILES string of the molecule is CCc1cncc(-c2ccc(C#N)cc2)c1. The smallest absolute Gasteiger partial charge is 0.0991 e. The molecule has 1 heterocycles. The fourth-order valence-corrected chi connectivity index (χ4v) is 1.58. The Hall–Kier alpha value is -2.14. The van der Waals surface area contributed by atoms with Crippen LogP contribution in [0, 0.1) is 11.3 Å². The molecule has 0 amide bonds. The van der Waals surface area contributed by atoms with Gasteiger partial charge in [-0.1, -0.05) is 19.1 Å². The molecule has 2 aromatic rings. The number of nitrogens with zero attached hydrogens (tertiary/aromatic N) is 2. The number of aromatic nitrogens is 1. The zero-order chi connectivity index (χ0) is 11.4. The minimum Gasteiger partial charge on any atom is -0.264 e. The number of hydrogen-bond acceptors (Lipinski definition) is 2. The third-order valence-corrected chi connectivity index (χ3v) is 2.55. The zero-order valence-electron chi connectivity index (χ0n) is 9.14. The molecule has 0 saturated carbocycles. The van der Waals surface area contributed by atoms with Gasteiger partial charge in [0.05, 0.1) is 11.6 Å². The van der Waals surface area contributed by atoms with E-state index in [-0.39, 0.29) is 0 Å². The normalized spacial score (nSPS) is 9.75. The summed E-state index contributed by atoms with van der Waals surface area (Å²) in [4.78, 5) is 4.21. The van der Waals surface area contributed by atoms with E-state index in [1.54, 1.807) is 0 Å². The van der Waals surface area contributed by atoms with E-state index in [1.807, 2.05) is 36.7 Å². The fraction of sp³-hybridized carbons (Fsp3) is 0.143. The van der Waals surface area contributed by atoms with E-state index in [1.165, 1.54) is 5.56 Å². The van der Waals surface area contributed by atoms with Crippen LogP contribution >= 0.6 is 0 Å². The molecule has 1 aromatic heterocycles. The summed E-state index contributed by atoms with van der Waals surface area (Å²) in [5.41, 5.74) is 4.11. The number of pyridine rings is 1. The third-order valence-electron chi connectivity index (χ3n) is 2.55. The predicted octanol–water partition coefficient (Wildman–Crippen LogP) is 3.18. The van der Waals surface area contributed by atoms with Gasteiger partial charge in [-0.3, -0.25) is 4.98 Å². The topological polar surface area (TPSA) is 36.7 Å². The standard InChI is InChI=1S/C14H12N2/c1-2-11-7-14(10-16-9-11)13-5-3-12(8-15)4-6-13/h3-7,9-10H,2H2,1H3. The summed E-state index contributed by atoms with van der Waals surface area (Å²) < 4.78 is 0. The van der Waals surface area contributed by atoms with Crippen LogP contribution in [0.3, 0.4) is 0 Å². The molecular weight excluding hydrogens is 196 g/mol. The fourth-order valence-electron chi connectivity index (χ4n) is 1.58. The molecule has 0 spiro atoms. The van der Waals surface area contributed by atoms with Gasteiger partial charge < -0.3 is 0 Å². The van der Waals surface area contributed by atoms with Crippen LogP contribution < -0.4 is 0 Å². The van der Waals surface area contributed by atoms with Crippen molar-refractivity contribution in [2.24, 2.45) is 0 Å². The van der Waals surface area contributed by atoms with Gasteiger partial charge in [-0.15, -0.1) is 0 Å². The Morgan fingerprint density at radius 2 is 1.88 bits per heavy atom. The Morgan fingerprint density at radius 1 is 1.12 bits per heavy atom. The Kier molecular flexibility index (Phi) is 2.98. The Balaban J connectivity index is 2.39. The predicted molar refractivity (Wildman–Crippen MR) is 63.8 cm³/mol. The van der Waals surface area contributed by atoms with E-state index >= 15 is 0 Å². The molecule has 0 bridgehead atoms. The summed E-state index contributed by atoms with van der Waals surface area (Å²) in [6, 6.07) is 11.8. The summed E-state index contributed by atoms with van der Waals surface area (Å²) in [6.45, 7) is 2.11. The van der Waals surface area contributed by atoms with Gasteiger partial charge in [-0.25, -0.2) is 0 Å². The van der Waals surface area contributed by atoms with Gasteiger partial charge in [0.15, 0.2) is 0 Å². The first kappa shape index (κ1) is 10.4. The molecule has 2 rings (SSSR count). The molecule has 2 nitrogen and oxygen atoms in total. The van der Waals surface area contributed by atoms with E-state index in [4.69, 9.17) is 5.26 Å². The molecular formula is C14H12N2. The maximum atomic E-state index is 8.72. The van der Waals surface area contributed by atoms with Crippen molar-refractivity contribution in [3.63, 3.8) is 0 Å². The van der Waals surface area contributed by atoms with Gasteiger partial charge in [0, 0.05) is 18.0 Å². The molecule has 0 aliphatic rings. The lowest BCUT2D eigenvalue weighted by Gasteiger charge is -2.03. The monoisotopic (exact) mass is 208 g/mol. The molecule has 2 heteroatoms. The van der Waals surface area contributed by atoms with Crippen molar-refractivity contribution in [3.05, 3.63) is 53.9 Å². The zero-order valence-corrected chi connectivity index (χ0v) is 9.14. The molecule has 16 heavy (non-hydrogen) atoms. The molecule has 78 valence electrons. The van der Waals surface area contributed by atoms with Crippen LogP contribution in [0.4, 0.5) is 0 Å². The van der Waals surface area contributed by atoms with Gasteiger partial charge in [0.1, 0.15) is 0 Å². The second kappa shape index (κ2) is 4.59. The van der Waals surface area contributed by atoms with Gasteiger partial charge >= 0.3 is 0 Å². The number of hydrogen-bond donors (Lipinski definition) is 0. The van der Waals surface area contributed by atoms with Crippen LogP contribution in [-0.2, 0) is 6.42 Å². The maximum Gasteiger partial charge on any atom is 0.0991 e. The second-order valence-corrected chi connectivity index (χ2v) is 3.62. The van der Waals surface area contributed by atoms with E-state index in [0.717, 1.165) is 17.5 Å². The van der Waals surface area contributed by atoms with Crippen LogP contribution in [0.1, 0.15) is 18.1 Å². The van der Waals surface area contributed by atoms with Crippen LogP contribution in [-0.4, -0.2) is 4.98 Å². The highest BCUT2D eigenvalue weighted by Crippen LogP contribution is 2.19.